The molecule has 166 valence electrons. The molecule has 0 spiro atoms. The Kier molecular flexibility index (Phi) is 6.99. The average Bonchev–Trinajstić information content (AvgIpc) is 3.39. The summed E-state index contributed by atoms with van der Waals surface area (Å²) in [5.74, 6) is 0.350. The van der Waals surface area contributed by atoms with Crippen LogP contribution in [0.3, 0.4) is 0 Å². The molecule has 0 unspecified atom stereocenters. The van der Waals surface area contributed by atoms with Gasteiger partial charge in [-0.25, -0.2) is 4.68 Å². The van der Waals surface area contributed by atoms with E-state index in [0.29, 0.717) is 36.4 Å². The molecule has 1 atom stereocenters. The molecule has 0 radical (unpaired) electrons. The van der Waals surface area contributed by atoms with Gasteiger partial charge < -0.3 is 15.6 Å². The maximum Gasteiger partial charge on any atom is 0.320 e. The molecular weight excluding hydrogens is 392 g/mol. The fourth-order valence-corrected chi connectivity index (χ4v) is 4.10. The molecule has 1 saturated heterocycles. The van der Waals surface area contributed by atoms with Gasteiger partial charge in [-0.05, 0) is 43.5 Å². The zero-order valence-corrected chi connectivity index (χ0v) is 18.2. The van der Waals surface area contributed by atoms with Crippen molar-refractivity contribution in [2.45, 2.75) is 58.2 Å². The third-order valence-corrected chi connectivity index (χ3v) is 5.74. The van der Waals surface area contributed by atoms with E-state index < -0.39 is 0 Å². The van der Waals surface area contributed by atoms with E-state index in [9.17, 15) is 5.11 Å². The normalized spacial score (nSPS) is 15.5. The maximum absolute atomic E-state index is 9.88. The number of ether oxygens (including phenoxy) is 1. The molecule has 8 heteroatoms. The van der Waals surface area contributed by atoms with Crippen molar-refractivity contribution >= 4 is 16.9 Å². The number of likely N-dealkylation sites (tertiary alicyclic amines) is 1. The van der Waals surface area contributed by atoms with Gasteiger partial charge in [0.15, 0.2) is 5.65 Å². The van der Waals surface area contributed by atoms with E-state index in [2.05, 4.69) is 44.2 Å². The van der Waals surface area contributed by atoms with Crippen molar-refractivity contribution in [3.63, 3.8) is 0 Å². The first-order chi connectivity index (χ1) is 15.1. The molecule has 0 saturated carbocycles. The number of anilines is 1. The third-order valence-electron chi connectivity index (χ3n) is 5.74. The molecule has 4 rings (SSSR count). The Morgan fingerprint density at radius 2 is 1.90 bits per heavy atom. The lowest BCUT2D eigenvalue weighted by Gasteiger charge is -2.15. The minimum atomic E-state index is -0.371. The summed E-state index contributed by atoms with van der Waals surface area (Å²) < 4.78 is 7.51. The van der Waals surface area contributed by atoms with Gasteiger partial charge in [0, 0.05) is 13.0 Å². The predicted octanol–water partition coefficient (Wildman–Crippen LogP) is 2.98. The topological polar surface area (TPSA) is 102 Å². The highest BCUT2D eigenvalue weighted by molar-refractivity contribution is 5.85. The minimum absolute atomic E-state index is 0.221. The van der Waals surface area contributed by atoms with E-state index in [0.717, 1.165) is 19.4 Å². The molecule has 0 bridgehead atoms. The summed E-state index contributed by atoms with van der Waals surface area (Å²) in [5.41, 5.74) is 9.26. The first-order valence-corrected chi connectivity index (χ1v) is 11.2. The van der Waals surface area contributed by atoms with E-state index in [4.69, 9.17) is 10.5 Å². The van der Waals surface area contributed by atoms with Crippen molar-refractivity contribution in [3.05, 3.63) is 41.6 Å². The van der Waals surface area contributed by atoms with Crippen LogP contribution in [0.4, 0.5) is 5.82 Å². The van der Waals surface area contributed by atoms with Crippen LogP contribution < -0.4 is 10.5 Å². The SMILES string of the molecule is CCC[C@H](O)CCOc1nc(N)c2cnn(Cc3cccc(CN4CCCC4)c3)c2n1. The molecule has 2 aromatic heterocycles. The predicted molar refractivity (Wildman–Crippen MR) is 121 cm³/mol. The number of nitrogens with two attached hydrogens (primary N) is 1. The van der Waals surface area contributed by atoms with E-state index in [1.165, 1.54) is 37.1 Å². The maximum atomic E-state index is 9.88. The van der Waals surface area contributed by atoms with Crippen LogP contribution in [0.25, 0.3) is 11.0 Å². The second-order valence-corrected chi connectivity index (χ2v) is 8.31. The van der Waals surface area contributed by atoms with E-state index in [-0.39, 0.29) is 12.1 Å². The second-order valence-electron chi connectivity index (χ2n) is 8.31. The number of benzene rings is 1. The number of fused-ring (bicyclic) bond motifs is 1. The first kappa shape index (κ1) is 21.5. The van der Waals surface area contributed by atoms with Crippen LogP contribution >= 0.6 is 0 Å². The van der Waals surface area contributed by atoms with Crippen molar-refractivity contribution in [2.24, 2.45) is 0 Å². The van der Waals surface area contributed by atoms with Crippen LogP contribution in [0.1, 0.15) is 50.2 Å². The van der Waals surface area contributed by atoms with Crippen LogP contribution in [-0.2, 0) is 13.1 Å². The Bertz CT molecular complexity index is 999. The number of aliphatic hydroxyl groups excluding tert-OH is 1. The zero-order valence-electron chi connectivity index (χ0n) is 18.2. The van der Waals surface area contributed by atoms with Gasteiger partial charge in [0.2, 0.25) is 0 Å². The molecule has 0 amide bonds. The van der Waals surface area contributed by atoms with Crippen molar-refractivity contribution in [1.82, 2.24) is 24.6 Å². The Morgan fingerprint density at radius 1 is 1.13 bits per heavy atom. The van der Waals surface area contributed by atoms with E-state index >= 15 is 0 Å². The van der Waals surface area contributed by atoms with Gasteiger partial charge in [0.25, 0.3) is 0 Å². The number of rotatable bonds is 10. The van der Waals surface area contributed by atoms with Crippen LogP contribution in [0, 0.1) is 0 Å². The van der Waals surface area contributed by atoms with Crippen LogP contribution in [0.15, 0.2) is 30.5 Å². The average molecular weight is 425 g/mol. The largest absolute Gasteiger partial charge is 0.463 e. The molecule has 1 aliphatic heterocycles. The van der Waals surface area contributed by atoms with Crippen LogP contribution in [-0.4, -0.2) is 55.6 Å². The second kappa shape index (κ2) is 10.1. The summed E-state index contributed by atoms with van der Waals surface area (Å²) in [7, 11) is 0. The van der Waals surface area contributed by atoms with E-state index in [1.54, 1.807) is 6.20 Å². The van der Waals surface area contributed by atoms with Crippen LogP contribution in [0.2, 0.25) is 0 Å². The number of nitrogens with zero attached hydrogens (tertiary/aromatic N) is 5. The highest BCUT2D eigenvalue weighted by atomic mass is 16.5. The Labute approximate surface area is 183 Å². The van der Waals surface area contributed by atoms with Gasteiger partial charge in [0.1, 0.15) is 5.82 Å². The number of aromatic nitrogens is 4. The van der Waals surface area contributed by atoms with Crippen LogP contribution in [0.5, 0.6) is 6.01 Å². The molecule has 8 nitrogen and oxygen atoms in total. The smallest absolute Gasteiger partial charge is 0.320 e. The molecule has 3 heterocycles. The molecule has 3 aromatic rings. The number of hydrogen-bond acceptors (Lipinski definition) is 7. The highest BCUT2D eigenvalue weighted by Gasteiger charge is 2.14. The third kappa shape index (κ3) is 5.51. The Hall–Kier alpha value is -2.71. The quantitative estimate of drug-likeness (QED) is 0.516. The summed E-state index contributed by atoms with van der Waals surface area (Å²) in [6, 6.07) is 8.85. The fraction of sp³-hybridized carbons (Fsp3) is 0.522. The van der Waals surface area contributed by atoms with Crippen molar-refractivity contribution in [2.75, 3.05) is 25.4 Å². The van der Waals surface area contributed by atoms with Crippen molar-refractivity contribution < 1.29 is 9.84 Å². The first-order valence-electron chi connectivity index (χ1n) is 11.2. The molecular formula is C23H32N6O2. The van der Waals surface area contributed by atoms with Gasteiger partial charge in [-0.15, -0.1) is 0 Å². The summed E-state index contributed by atoms with van der Waals surface area (Å²) >= 11 is 0. The number of nitrogen functional groups attached to an aromatic ring is 1. The molecule has 1 aliphatic rings. The lowest BCUT2D eigenvalue weighted by molar-refractivity contribution is 0.127. The lowest BCUT2D eigenvalue weighted by atomic mass is 10.1. The summed E-state index contributed by atoms with van der Waals surface area (Å²) in [6.45, 7) is 6.35. The summed E-state index contributed by atoms with van der Waals surface area (Å²) in [5, 5.41) is 15.1. The highest BCUT2D eigenvalue weighted by Crippen LogP contribution is 2.22. The summed E-state index contributed by atoms with van der Waals surface area (Å²) in [6.07, 6.45) is 6.16. The van der Waals surface area contributed by atoms with Gasteiger partial charge in [0.05, 0.1) is 30.8 Å². The minimum Gasteiger partial charge on any atom is -0.463 e. The Morgan fingerprint density at radius 3 is 2.68 bits per heavy atom. The summed E-state index contributed by atoms with van der Waals surface area (Å²) in [4.78, 5) is 11.3. The standard InChI is InChI=1S/C23H32N6O2/c1-2-6-19(30)9-12-31-23-26-21(24)20-14-25-29(22(20)27-23)16-18-8-5-7-17(13-18)15-28-10-3-4-11-28/h5,7-8,13-14,19,30H,2-4,6,9-12,15-16H2,1H3,(H2,24,26,27)/t19-/m0/s1. The van der Waals surface area contributed by atoms with Gasteiger partial charge in [-0.2, -0.15) is 15.1 Å². The molecule has 3 N–H and O–H groups in total. The van der Waals surface area contributed by atoms with Crippen molar-refractivity contribution in [1.29, 1.82) is 0 Å². The Balaban J connectivity index is 1.47. The zero-order chi connectivity index (χ0) is 21.6. The number of aliphatic hydroxyl groups is 1. The van der Waals surface area contributed by atoms with E-state index in [1.807, 2.05) is 11.6 Å². The molecule has 1 fully saturated rings. The van der Waals surface area contributed by atoms with Gasteiger partial charge in [-0.3, -0.25) is 4.90 Å². The monoisotopic (exact) mass is 424 g/mol. The van der Waals surface area contributed by atoms with Gasteiger partial charge in [-0.1, -0.05) is 37.6 Å². The number of hydrogen-bond donors (Lipinski definition) is 2. The lowest BCUT2D eigenvalue weighted by Crippen LogP contribution is -2.18. The molecule has 0 aliphatic carbocycles. The molecule has 1 aromatic carbocycles. The molecule has 31 heavy (non-hydrogen) atoms. The van der Waals surface area contributed by atoms with Gasteiger partial charge >= 0.3 is 6.01 Å². The fourth-order valence-electron chi connectivity index (χ4n) is 4.10. The van der Waals surface area contributed by atoms with Crippen molar-refractivity contribution in [3.8, 4) is 6.01 Å².